The van der Waals surface area contributed by atoms with Crippen LogP contribution in [-0.2, 0) is 46.8 Å². The van der Waals surface area contributed by atoms with Crippen LogP contribution in [0.15, 0.2) is 30.3 Å². The number of methoxy groups -OCH3 is 1. The van der Waals surface area contributed by atoms with Crippen molar-refractivity contribution < 1.29 is 51.3 Å². The van der Waals surface area contributed by atoms with E-state index in [4.69, 9.17) is 4.52 Å². The van der Waals surface area contributed by atoms with Gasteiger partial charge in [0.25, 0.3) is 0 Å². The van der Waals surface area contributed by atoms with Crippen molar-refractivity contribution in [3.05, 3.63) is 30.3 Å². The molecule has 0 aliphatic rings. The van der Waals surface area contributed by atoms with Crippen molar-refractivity contribution >= 4 is 13.5 Å². The summed E-state index contributed by atoms with van der Waals surface area (Å²) in [6.07, 6.45) is 0. The second kappa shape index (κ2) is 8.05. The maximum absolute atomic E-state index is 12.1. The minimum Gasteiger partial charge on any atom is -0.468 e. The van der Waals surface area contributed by atoms with E-state index in [2.05, 4.69) is 9.82 Å². The van der Waals surface area contributed by atoms with Gasteiger partial charge in [-0.05, 0) is 19.1 Å². The van der Waals surface area contributed by atoms with Crippen molar-refractivity contribution in [1.29, 1.82) is 0 Å². The average molecular weight is 346 g/mol. The molecule has 1 rings (SSSR count). The molecular formula is C11H16NO4PY. The Labute approximate surface area is 132 Å². The Kier molecular flexibility index (Phi) is 7.96. The van der Waals surface area contributed by atoms with Crippen molar-refractivity contribution in [2.24, 2.45) is 0 Å². The first kappa shape index (κ1) is 17.8. The van der Waals surface area contributed by atoms with Gasteiger partial charge in [0.05, 0.1) is 7.11 Å². The third-order valence-electron chi connectivity index (χ3n) is 2.01. The molecule has 0 aliphatic carbocycles. The summed E-state index contributed by atoms with van der Waals surface area (Å²) in [7, 11) is -1.81. The fourth-order valence-corrected chi connectivity index (χ4v) is 2.68. The number of hydrogen-bond donors (Lipinski definition) is 1. The first-order valence-corrected chi connectivity index (χ1v) is 7.19. The Morgan fingerprint density at radius 1 is 1.33 bits per heavy atom. The Morgan fingerprint density at radius 2 is 1.89 bits per heavy atom. The first-order valence-electron chi connectivity index (χ1n) is 5.12. The molecule has 0 saturated heterocycles. The predicted molar refractivity (Wildman–Crippen MR) is 65.2 cm³/mol. The third-order valence-corrected chi connectivity index (χ3v) is 3.42. The molecule has 0 amide bonds. The fraction of sp³-hybridized carbons (Fsp3) is 0.364. The molecule has 1 unspecified atom stereocenters. The molecule has 1 aromatic rings. The average Bonchev–Trinajstić information content (AvgIpc) is 2.27. The molecular weight excluding hydrogens is 330 g/mol. The Balaban J connectivity index is 0.00000289. The van der Waals surface area contributed by atoms with Gasteiger partial charge >= 0.3 is 13.5 Å². The zero-order chi connectivity index (χ0) is 12.9. The second-order valence-electron chi connectivity index (χ2n) is 3.62. The summed E-state index contributed by atoms with van der Waals surface area (Å²) in [4.78, 5) is 11.2. The normalized spacial score (nSPS) is 14.8. The summed E-state index contributed by atoms with van der Waals surface area (Å²) >= 11 is 0. The third kappa shape index (κ3) is 6.10. The number of carbonyl (C=O) groups excluding carboxylic acids is 1. The molecule has 2 atom stereocenters. The van der Waals surface area contributed by atoms with Gasteiger partial charge in [-0.3, -0.25) is 9.36 Å². The van der Waals surface area contributed by atoms with Crippen molar-refractivity contribution in [2.75, 3.05) is 13.8 Å². The molecule has 0 bridgehead atoms. The quantitative estimate of drug-likeness (QED) is 0.653. The van der Waals surface area contributed by atoms with Crippen molar-refractivity contribution in [3.63, 3.8) is 0 Å². The SMILES string of the molecule is COC(=O)[C@H](C)NP(C)(=O)Oc1ccccc1.[Y]. The number of ether oxygens (including phenoxy) is 1. The smallest absolute Gasteiger partial charge is 0.323 e. The zero-order valence-corrected chi connectivity index (χ0v) is 14.4. The standard InChI is InChI=1S/C11H16NO4P.Y/c1-9(11(13)15-2)12-17(3,14)16-10-7-5-4-6-8-10;/h4-9H,1-3H3,(H,12,14);/t9-,17?;/m0./s1. The van der Waals surface area contributed by atoms with Crippen LogP contribution in [0.3, 0.4) is 0 Å². The maximum atomic E-state index is 12.1. The Bertz CT molecular complexity index is 426. The Hall–Kier alpha value is -0.216. The molecule has 1 N–H and O–H groups in total. The summed E-state index contributed by atoms with van der Waals surface area (Å²) < 4.78 is 21.9. The van der Waals surface area contributed by atoms with E-state index in [1.807, 2.05) is 6.07 Å². The number of para-hydroxylation sites is 1. The van der Waals surface area contributed by atoms with E-state index in [-0.39, 0.29) is 32.7 Å². The van der Waals surface area contributed by atoms with Gasteiger partial charge in [0.1, 0.15) is 11.8 Å². The molecule has 1 aromatic carbocycles. The van der Waals surface area contributed by atoms with Crippen molar-refractivity contribution in [1.82, 2.24) is 5.09 Å². The summed E-state index contributed by atoms with van der Waals surface area (Å²) in [6, 6.07) is 8.09. The van der Waals surface area contributed by atoms with Gasteiger partial charge in [-0.25, -0.2) is 5.09 Å². The molecule has 0 aromatic heterocycles. The minimum atomic E-state index is -3.09. The van der Waals surface area contributed by atoms with E-state index in [1.54, 1.807) is 31.2 Å². The largest absolute Gasteiger partial charge is 0.468 e. The monoisotopic (exact) mass is 346 g/mol. The van der Waals surface area contributed by atoms with E-state index < -0.39 is 19.5 Å². The second-order valence-corrected chi connectivity index (χ2v) is 5.76. The van der Waals surface area contributed by atoms with Gasteiger partial charge < -0.3 is 9.26 Å². The summed E-state index contributed by atoms with van der Waals surface area (Å²) in [5, 5.41) is 2.61. The van der Waals surface area contributed by atoms with Crippen LogP contribution in [0.1, 0.15) is 6.92 Å². The van der Waals surface area contributed by atoms with Crippen LogP contribution in [0.5, 0.6) is 5.75 Å². The van der Waals surface area contributed by atoms with Gasteiger partial charge in [0.2, 0.25) is 0 Å². The number of carbonyl (C=O) groups is 1. The molecule has 97 valence electrons. The summed E-state index contributed by atoms with van der Waals surface area (Å²) in [5.74, 6) is 0.00614. The molecule has 0 aliphatic heterocycles. The van der Waals surface area contributed by atoms with Crippen LogP contribution in [0.4, 0.5) is 0 Å². The van der Waals surface area contributed by atoms with Crippen LogP contribution in [0.25, 0.3) is 0 Å². The maximum Gasteiger partial charge on any atom is 0.323 e. The number of nitrogens with one attached hydrogen (secondary N) is 1. The van der Waals surface area contributed by atoms with Crippen LogP contribution < -0.4 is 9.61 Å². The van der Waals surface area contributed by atoms with E-state index in [0.717, 1.165) is 0 Å². The van der Waals surface area contributed by atoms with Gasteiger partial charge in [-0.15, -0.1) is 0 Å². The minimum absolute atomic E-state index is 0. The molecule has 1 radical (unpaired) electrons. The summed E-state index contributed by atoms with van der Waals surface area (Å²) in [5.41, 5.74) is 0. The van der Waals surface area contributed by atoms with Gasteiger partial charge in [-0.1, -0.05) is 18.2 Å². The topological polar surface area (TPSA) is 64.6 Å². The van der Waals surface area contributed by atoms with Crippen molar-refractivity contribution in [3.8, 4) is 5.75 Å². The van der Waals surface area contributed by atoms with Crippen LogP contribution in [0.2, 0.25) is 0 Å². The van der Waals surface area contributed by atoms with Gasteiger partial charge in [0, 0.05) is 39.4 Å². The van der Waals surface area contributed by atoms with E-state index in [9.17, 15) is 9.36 Å². The molecule has 0 fully saturated rings. The van der Waals surface area contributed by atoms with Crippen molar-refractivity contribution in [2.45, 2.75) is 13.0 Å². The number of esters is 1. The zero-order valence-electron chi connectivity index (χ0n) is 10.6. The van der Waals surface area contributed by atoms with E-state index in [1.165, 1.54) is 13.8 Å². The first-order chi connectivity index (χ1) is 7.94. The van der Waals surface area contributed by atoms with E-state index in [0.29, 0.717) is 5.75 Å². The molecule has 18 heavy (non-hydrogen) atoms. The summed E-state index contributed by atoms with van der Waals surface area (Å²) in [6.45, 7) is 2.98. The molecule has 0 saturated carbocycles. The molecule has 0 heterocycles. The van der Waals surface area contributed by atoms with E-state index >= 15 is 0 Å². The van der Waals surface area contributed by atoms with Gasteiger partial charge in [-0.2, -0.15) is 0 Å². The van der Waals surface area contributed by atoms with Crippen LogP contribution in [-0.4, -0.2) is 25.8 Å². The van der Waals surface area contributed by atoms with Gasteiger partial charge in [0.15, 0.2) is 0 Å². The fourth-order valence-electron chi connectivity index (χ4n) is 1.29. The molecule has 7 heteroatoms. The molecule has 5 nitrogen and oxygen atoms in total. The number of benzene rings is 1. The number of hydrogen-bond acceptors (Lipinski definition) is 4. The Morgan fingerprint density at radius 3 is 2.39 bits per heavy atom. The van der Waals surface area contributed by atoms with Crippen LogP contribution in [0, 0.1) is 0 Å². The predicted octanol–water partition coefficient (Wildman–Crippen LogP) is 2.04. The number of rotatable bonds is 5. The molecule has 0 spiro atoms. The van der Waals surface area contributed by atoms with Crippen LogP contribution >= 0.6 is 7.52 Å².